The number of furan rings is 1. The highest BCUT2D eigenvalue weighted by atomic mass is 16.3. The van der Waals surface area contributed by atoms with Crippen LogP contribution in [0.2, 0.25) is 0 Å². The molecular formula is C13H22N2O2. The van der Waals surface area contributed by atoms with Crippen molar-refractivity contribution >= 4 is 6.03 Å². The van der Waals surface area contributed by atoms with Gasteiger partial charge < -0.3 is 15.1 Å². The van der Waals surface area contributed by atoms with Crippen molar-refractivity contribution in [3.8, 4) is 0 Å². The zero-order valence-electron chi connectivity index (χ0n) is 11.5. The van der Waals surface area contributed by atoms with Gasteiger partial charge in [-0.1, -0.05) is 0 Å². The molecule has 2 N–H and O–H groups in total. The van der Waals surface area contributed by atoms with Crippen molar-refractivity contribution in [2.75, 3.05) is 0 Å². The van der Waals surface area contributed by atoms with Crippen molar-refractivity contribution in [3.05, 3.63) is 23.2 Å². The van der Waals surface area contributed by atoms with Crippen LogP contribution >= 0.6 is 0 Å². The Labute approximate surface area is 103 Å². The average Bonchev–Trinajstić information content (AvgIpc) is 2.41. The molecule has 0 fully saturated rings. The van der Waals surface area contributed by atoms with E-state index in [1.807, 2.05) is 47.6 Å². The molecule has 1 atom stereocenters. The minimum absolute atomic E-state index is 0.0604. The molecule has 1 aromatic heterocycles. The van der Waals surface area contributed by atoms with Crippen LogP contribution in [-0.2, 0) is 0 Å². The highest BCUT2D eigenvalue weighted by Crippen LogP contribution is 2.21. The van der Waals surface area contributed by atoms with E-state index in [1.54, 1.807) is 0 Å². The number of nitrogens with one attached hydrogen (secondary N) is 2. The van der Waals surface area contributed by atoms with Crippen LogP contribution in [0.3, 0.4) is 0 Å². The zero-order chi connectivity index (χ0) is 13.2. The minimum Gasteiger partial charge on any atom is -0.466 e. The van der Waals surface area contributed by atoms with Crippen molar-refractivity contribution in [3.63, 3.8) is 0 Å². The molecule has 4 heteroatoms. The summed E-state index contributed by atoms with van der Waals surface area (Å²) in [7, 11) is 0. The van der Waals surface area contributed by atoms with Crippen LogP contribution in [0.25, 0.3) is 0 Å². The molecule has 0 aliphatic carbocycles. The Kier molecular flexibility index (Phi) is 3.86. The van der Waals surface area contributed by atoms with Crippen LogP contribution in [0.4, 0.5) is 4.79 Å². The molecular weight excluding hydrogens is 216 g/mol. The molecule has 0 radical (unpaired) electrons. The number of rotatable bonds is 2. The lowest BCUT2D eigenvalue weighted by atomic mass is 10.1. The summed E-state index contributed by atoms with van der Waals surface area (Å²) < 4.78 is 5.45. The summed E-state index contributed by atoms with van der Waals surface area (Å²) in [5.74, 6) is 1.72. The SMILES string of the molecule is Cc1cc(C(C)NC(=O)NC(C)(C)C)c(C)o1. The molecule has 0 spiro atoms. The standard InChI is InChI=1S/C13H22N2O2/c1-8-7-11(10(3)17-8)9(2)14-12(16)15-13(4,5)6/h7,9H,1-6H3,(H2,14,15,16). The van der Waals surface area contributed by atoms with Gasteiger partial charge in [-0.3, -0.25) is 0 Å². The van der Waals surface area contributed by atoms with Crippen molar-refractivity contribution in [1.29, 1.82) is 0 Å². The molecule has 4 nitrogen and oxygen atoms in total. The topological polar surface area (TPSA) is 54.3 Å². The highest BCUT2D eigenvalue weighted by Gasteiger charge is 2.18. The Morgan fingerprint density at radius 1 is 1.35 bits per heavy atom. The van der Waals surface area contributed by atoms with Gasteiger partial charge >= 0.3 is 6.03 Å². The Bertz CT molecular complexity index is 402. The lowest BCUT2D eigenvalue weighted by Crippen LogP contribution is -2.47. The smallest absolute Gasteiger partial charge is 0.315 e. The number of carbonyl (C=O) groups excluding carboxylic acids is 1. The number of aryl methyl sites for hydroxylation is 2. The summed E-state index contributed by atoms with van der Waals surface area (Å²) >= 11 is 0. The first kappa shape index (κ1) is 13.6. The molecule has 0 aliphatic rings. The van der Waals surface area contributed by atoms with Gasteiger partial charge in [0.1, 0.15) is 11.5 Å². The van der Waals surface area contributed by atoms with E-state index in [-0.39, 0.29) is 17.6 Å². The van der Waals surface area contributed by atoms with Crippen LogP contribution in [0.1, 0.15) is 50.8 Å². The third-order valence-electron chi connectivity index (χ3n) is 2.38. The molecule has 1 aromatic rings. The minimum atomic E-state index is -0.231. The van der Waals surface area contributed by atoms with Crippen molar-refractivity contribution in [1.82, 2.24) is 10.6 Å². The molecule has 17 heavy (non-hydrogen) atoms. The Morgan fingerprint density at radius 2 is 1.94 bits per heavy atom. The summed E-state index contributed by atoms with van der Waals surface area (Å²) in [5, 5.41) is 5.76. The molecule has 2 amide bonds. The van der Waals surface area contributed by atoms with Gasteiger partial charge in [0, 0.05) is 11.1 Å². The molecule has 1 unspecified atom stereocenters. The van der Waals surface area contributed by atoms with Crippen molar-refractivity contribution in [2.45, 2.75) is 53.1 Å². The number of hydrogen-bond donors (Lipinski definition) is 2. The predicted molar refractivity (Wildman–Crippen MR) is 68.0 cm³/mol. The third kappa shape index (κ3) is 4.13. The van der Waals surface area contributed by atoms with E-state index in [4.69, 9.17) is 4.42 Å². The molecule has 96 valence electrons. The Hall–Kier alpha value is -1.45. The normalized spacial score (nSPS) is 13.3. The third-order valence-corrected chi connectivity index (χ3v) is 2.38. The van der Waals surface area contributed by atoms with E-state index in [1.165, 1.54) is 0 Å². The maximum Gasteiger partial charge on any atom is 0.315 e. The fourth-order valence-corrected chi connectivity index (χ4v) is 1.73. The molecule has 1 heterocycles. The monoisotopic (exact) mass is 238 g/mol. The fourth-order valence-electron chi connectivity index (χ4n) is 1.73. The van der Waals surface area contributed by atoms with Gasteiger partial charge in [-0.05, 0) is 47.6 Å². The van der Waals surface area contributed by atoms with Crippen LogP contribution in [0.5, 0.6) is 0 Å². The molecule has 0 aromatic carbocycles. The van der Waals surface area contributed by atoms with Crippen LogP contribution < -0.4 is 10.6 Å². The number of hydrogen-bond acceptors (Lipinski definition) is 2. The Balaban J connectivity index is 2.64. The summed E-state index contributed by atoms with van der Waals surface area (Å²) in [4.78, 5) is 11.7. The van der Waals surface area contributed by atoms with E-state index in [0.29, 0.717) is 0 Å². The second-order valence-electron chi connectivity index (χ2n) is 5.44. The van der Waals surface area contributed by atoms with E-state index in [9.17, 15) is 4.79 Å². The second-order valence-corrected chi connectivity index (χ2v) is 5.44. The van der Waals surface area contributed by atoms with Gasteiger partial charge in [-0.15, -0.1) is 0 Å². The summed E-state index contributed by atoms with van der Waals surface area (Å²) in [5.41, 5.74) is 0.789. The van der Waals surface area contributed by atoms with E-state index >= 15 is 0 Å². The van der Waals surface area contributed by atoms with Gasteiger partial charge in [0.15, 0.2) is 0 Å². The zero-order valence-corrected chi connectivity index (χ0v) is 11.5. The first-order chi connectivity index (χ1) is 7.69. The molecule has 1 rings (SSSR count). The predicted octanol–water partition coefficient (Wildman–Crippen LogP) is 3.06. The first-order valence-corrected chi connectivity index (χ1v) is 5.84. The lowest BCUT2D eigenvalue weighted by Gasteiger charge is -2.22. The number of amides is 2. The van der Waals surface area contributed by atoms with E-state index in [0.717, 1.165) is 17.1 Å². The molecule has 0 aliphatic heterocycles. The quantitative estimate of drug-likeness (QED) is 0.832. The van der Waals surface area contributed by atoms with E-state index < -0.39 is 0 Å². The molecule has 0 saturated heterocycles. The molecule has 0 saturated carbocycles. The highest BCUT2D eigenvalue weighted by molar-refractivity contribution is 5.75. The summed E-state index contributed by atoms with van der Waals surface area (Å²) in [6.45, 7) is 11.6. The van der Waals surface area contributed by atoms with Crippen LogP contribution in [0.15, 0.2) is 10.5 Å². The van der Waals surface area contributed by atoms with Crippen molar-refractivity contribution in [2.24, 2.45) is 0 Å². The van der Waals surface area contributed by atoms with Gasteiger partial charge in [0.05, 0.1) is 6.04 Å². The van der Waals surface area contributed by atoms with Gasteiger partial charge in [0.25, 0.3) is 0 Å². The first-order valence-electron chi connectivity index (χ1n) is 5.84. The maximum atomic E-state index is 11.7. The number of urea groups is 1. The average molecular weight is 238 g/mol. The Morgan fingerprint density at radius 3 is 2.35 bits per heavy atom. The number of carbonyl (C=O) groups is 1. The van der Waals surface area contributed by atoms with Gasteiger partial charge in [-0.25, -0.2) is 4.79 Å². The van der Waals surface area contributed by atoms with Crippen LogP contribution in [-0.4, -0.2) is 11.6 Å². The summed E-state index contributed by atoms with van der Waals surface area (Å²) in [6, 6.07) is 1.73. The maximum absolute atomic E-state index is 11.7. The van der Waals surface area contributed by atoms with Crippen molar-refractivity contribution < 1.29 is 9.21 Å². The fraction of sp³-hybridized carbons (Fsp3) is 0.615. The van der Waals surface area contributed by atoms with E-state index in [2.05, 4.69) is 10.6 Å². The van der Waals surface area contributed by atoms with Gasteiger partial charge in [0.2, 0.25) is 0 Å². The second kappa shape index (κ2) is 4.82. The largest absolute Gasteiger partial charge is 0.466 e. The van der Waals surface area contributed by atoms with Crippen LogP contribution in [0, 0.1) is 13.8 Å². The lowest BCUT2D eigenvalue weighted by molar-refractivity contribution is 0.229. The summed E-state index contributed by atoms with van der Waals surface area (Å²) in [6.07, 6.45) is 0. The molecule has 0 bridgehead atoms. The van der Waals surface area contributed by atoms with Gasteiger partial charge in [-0.2, -0.15) is 0 Å².